The zero-order valence-electron chi connectivity index (χ0n) is 9.54. The highest BCUT2D eigenvalue weighted by molar-refractivity contribution is 9.10. The third-order valence-electron chi connectivity index (χ3n) is 3.00. The summed E-state index contributed by atoms with van der Waals surface area (Å²) in [5.74, 6) is 2.23. The zero-order chi connectivity index (χ0) is 11.4. The topological polar surface area (TPSA) is 25.2 Å². The average molecular weight is 304 g/mol. The van der Waals surface area contributed by atoms with Crippen molar-refractivity contribution >= 4 is 27.7 Å². The molecule has 1 aromatic heterocycles. The van der Waals surface area contributed by atoms with E-state index in [0.717, 1.165) is 22.2 Å². The second-order valence-corrected chi connectivity index (χ2v) is 6.42. The highest BCUT2D eigenvalue weighted by Gasteiger charge is 2.26. The van der Waals surface area contributed by atoms with Crippen LogP contribution in [0.4, 0.5) is 0 Å². The number of thioether (sulfide) groups is 1. The standard InChI is InChI=1S/C12H18BrNOS/c1-2-16-11-5-3-4-10(11)14-8-9-6-7-12(13)15-9/h6-7,10-11,14H,2-5,8H2,1H3. The molecule has 1 saturated carbocycles. The molecule has 2 atom stereocenters. The Kier molecular flexibility index (Phi) is 4.79. The van der Waals surface area contributed by atoms with Crippen molar-refractivity contribution in [1.29, 1.82) is 0 Å². The molecule has 0 spiro atoms. The molecule has 0 radical (unpaired) electrons. The third-order valence-corrected chi connectivity index (χ3v) is 4.75. The van der Waals surface area contributed by atoms with Crippen LogP contribution < -0.4 is 5.32 Å². The molecule has 16 heavy (non-hydrogen) atoms. The number of halogens is 1. The SMILES string of the molecule is CCSC1CCCC1NCc1ccc(Br)o1. The maximum atomic E-state index is 5.49. The van der Waals surface area contributed by atoms with Crippen LogP contribution in [0.1, 0.15) is 31.9 Å². The van der Waals surface area contributed by atoms with Crippen LogP contribution in [-0.2, 0) is 6.54 Å². The van der Waals surface area contributed by atoms with E-state index in [-0.39, 0.29) is 0 Å². The van der Waals surface area contributed by atoms with Crippen LogP contribution in [0.15, 0.2) is 21.2 Å². The van der Waals surface area contributed by atoms with Gasteiger partial charge in [0.05, 0.1) is 6.54 Å². The third kappa shape index (κ3) is 3.28. The lowest BCUT2D eigenvalue weighted by Crippen LogP contribution is -2.33. The highest BCUT2D eigenvalue weighted by atomic mass is 79.9. The molecule has 0 aliphatic heterocycles. The largest absolute Gasteiger partial charge is 0.453 e. The van der Waals surface area contributed by atoms with Crippen LogP contribution >= 0.6 is 27.7 Å². The zero-order valence-corrected chi connectivity index (χ0v) is 11.9. The van der Waals surface area contributed by atoms with Gasteiger partial charge in [-0.3, -0.25) is 0 Å². The molecule has 2 unspecified atom stereocenters. The molecular formula is C12H18BrNOS. The second-order valence-electron chi connectivity index (χ2n) is 4.12. The number of nitrogens with one attached hydrogen (secondary N) is 1. The summed E-state index contributed by atoms with van der Waals surface area (Å²) >= 11 is 5.41. The lowest BCUT2D eigenvalue weighted by molar-refractivity contribution is 0.437. The second kappa shape index (κ2) is 6.12. The predicted molar refractivity (Wildman–Crippen MR) is 72.8 cm³/mol. The van der Waals surface area contributed by atoms with Crippen LogP contribution in [0.25, 0.3) is 0 Å². The lowest BCUT2D eigenvalue weighted by atomic mass is 10.2. The van der Waals surface area contributed by atoms with Crippen molar-refractivity contribution in [1.82, 2.24) is 5.32 Å². The van der Waals surface area contributed by atoms with Gasteiger partial charge in [0.25, 0.3) is 0 Å². The van der Waals surface area contributed by atoms with Gasteiger partial charge in [-0.05, 0) is 46.7 Å². The van der Waals surface area contributed by atoms with Gasteiger partial charge in [0.2, 0.25) is 0 Å². The van der Waals surface area contributed by atoms with Crippen molar-refractivity contribution in [2.45, 2.75) is 44.0 Å². The molecule has 4 heteroatoms. The molecule has 0 bridgehead atoms. The summed E-state index contributed by atoms with van der Waals surface area (Å²) in [4.78, 5) is 0. The Bertz CT molecular complexity index is 329. The Balaban J connectivity index is 1.80. The van der Waals surface area contributed by atoms with E-state index >= 15 is 0 Å². The van der Waals surface area contributed by atoms with Gasteiger partial charge in [0, 0.05) is 11.3 Å². The van der Waals surface area contributed by atoms with Gasteiger partial charge >= 0.3 is 0 Å². The molecule has 90 valence electrons. The van der Waals surface area contributed by atoms with Crippen LogP contribution in [0, 0.1) is 0 Å². The number of hydrogen-bond acceptors (Lipinski definition) is 3. The van der Waals surface area contributed by atoms with Gasteiger partial charge in [-0.25, -0.2) is 0 Å². The first-order valence-corrected chi connectivity index (χ1v) is 7.73. The maximum absolute atomic E-state index is 5.49. The molecule has 1 aliphatic carbocycles. The van der Waals surface area contributed by atoms with Crippen molar-refractivity contribution in [2.75, 3.05) is 5.75 Å². The van der Waals surface area contributed by atoms with Gasteiger partial charge in [-0.1, -0.05) is 13.3 Å². The molecule has 0 saturated heterocycles. The van der Waals surface area contributed by atoms with E-state index in [2.05, 4.69) is 39.9 Å². The molecule has 2 nitrogen and oxygen atoms in total. The average Bonchev–Trinajstić information content (AvgIpc) is 2.85. The molecule has 1 heterocycles. The highest BCUT2D eigenvalue weighted by Crippen LogP contribution is 2.30. The van der Waals surface area contributed by atoms with E-state index in [4.69, 9.17) is 4.42 Å². The monoisotopic (exact) mass is 303 g/mol. The minimum Gasteiger partial charge on any atom is -0.453 e. The molecule has 1 aliphatic rings. The summed E-state index contributed by atoms with van der Waals surface area (Å²) < 4.78 is 6.30. The smallest absolute Gasteiger partial charge is 0.169 e. The van der Waals surface area contributed by atoms with Crippen LogP contribution in [-0.4, -0.2) is 17.0 Å². The minimum absolute atomic E-state index is 0.661. The Morgan fingerprint density at radius 3 is 3.06 bits per heavy atom. The normalized spacial score (nSPS) is 25.1. The van der Waals surface area contributed by atoms with E-state index in [0.29, 0.717) is 6.04 Å². The summed E-state index contributed by atoms with van der Waals surface area (Å²) in [6.45, 7) is 3.08. The van der Waals surface area contributed by atoms with Crippen LogP contribution in [0.3, 0.4) is 0 Å². The summed E-state index contributed by atoms with van der Waals surface area (Å²) in [7, 11) is 0. The molecule has 1 fully saturated rings. The molecule has 1 N–H and O–H groups in total. The van der Waals surface area contributed by atoms with E-state index < -0.39 is 0 Å². The van der Waals surface area contributed by atoms with Gasteiger partial charge < -0.3 is 9.73 Å². The first-order valence-electron chi connectivity index (χ1n) is 5.89. The summed E-state index contributed by atoms with van der Waals surface area (Å²) in [5, 5.41) is 4.41. The molecule has 2 rings (SSSR count). The Hall–Kier alpha value is 0.0700. The van der Waals surface area contributed by atoms with E-state index in [1.54, 1.807) is 0 Å². The lowest BCUT2D eigenvalue weighted by Gasteiger charge is -2.19. The van der Waals surface area contributed by atoms with E-state index in [1.165, 1.54) is 25.0 Å². The van der Waals surface area contributed by atoms with E-state index in [9.17, 15) is 0 Å². The van der Waals surface area contributed by atoms with Gasteiger partial charge in [-0.2, -0.15) is 11.8 Å². The molecule has 1 aromatic rings. The fourth-order valence-corrected chi connectivity index (χ4v) is 3.82. The fourth-order valence-electron chi connectivity index (χ4n) is 2.25. The van der Waals surface area contributed by atoms with Crippen LogP contribution in [0.2, 0.25) is 0 Å². The first-order chi connectivity index (χ1) is 7.79. The fraction of sp³-hybridized carbons (Fsp3) is 0.667. The van der Waals surface area contributed by atoms with Crippen LogP contribution in [0.5, 0.6) is 0 Å². The van der Waals surface area contributed by atoms with Crippen molar-refractivity contribution < 1.29 is 4.42 Å². The predicted octanol–water partition coefficient (Wildman–Crippen LogP) is 3.81. The van der Waals surface area contributed by atoms with Crippen molar-refractivity contribution in [3.05, 3.63) is 22.6 Å². The Morgan fingerprint density at radius 2 is 2.38 bits per heavy atom. The number of rotatable bonds is 5. The number of furan rings is 1. The number of hydrogen-bond donors (Lipinski definition) is 1. The summed E-state index contributed by atoms with van der Waals surface area (Å²) in [6.07, 6.45) is 4.02. The Labute approximate surface area is 110 Å². The summed E-state index contributed by atoms with van der Waals surface area (Å²) in [6, 6.07) is 4.63. The van der Waals surface area contributed by atoms with Crippen molar-refractivity contribution in [3.63, 3.8) is 0 Å². The first kappa shape index (κ1) is 12.5. The molecule has 0 amide bonds. The van der Waals surface area contributed by atoms with Gasteiger partial charge in [0.1, 0.15) is 5.76 Å². The molecular weight excluding hydrogens is 286 g/mol. The van der Waals surface area contributed by atoms with Gasteiger partial charge in [-0.15, -0.1) is 0 Å². The van der Waals surface area contributed by atoms with Gasteiger partial charge in [0.15, 0.2) is 4.67 Å². The van der Waals surface area contributed by atoms with Crippen molar-refractivity contribution in [3.8, 4) is 0 Å². The molecule has 0 aromatic carbocycles. The maximum Gasteiger partial charge on any atom is 0.169 e. The van der Waals surface area contributed by atoms with E-state index in [1.807, 2.05) is 12.1 Å². The quantitative estimate of drug-likeness (QED) is 0.895. The van der Waals surface area contributed by atoms with Crippen molar-refractivity contribution in [2.24, 2.45) is 0 Å². The minimum atomic E-state index is 0.661. The summed E-state index contributed by atoms with van der Waals surface area (Å²) in [5.41, 5.74) is 0. The Morgan fingerprint density at radius 1 is 1.50 bits per heavy atom.